The molecule has 0 saturated heterocycles. The number of sulfone groups is 3. The molecule has 0 N–H and O–H groups in total. The first-order valence-corrected chi connectivity index (χ1v) is 19.5. The summed E-state index contributed by atoms with van der Waals surface area (Å²) in [5.41, 5.74) is 0.927. The molecule has 0 aromatic heterocycles. The van der Waals surface area contributed by atoms with Crippen molar-refractivity contribution in [2.45, 2.75) is 102 Å². The summed E-state index contributed by atoms with van der Waals surface area (Å²) < 4.78 is 80.6. The van der Waals surface area contributed by atoms with Crippen LogP contribution < -0.4 is 4.74 Å². The molecule has 0 aliphatic carbocycles. The third-order valence-corrected chi connectivity index (χ3v) is 10.1. The Morgan fingerprint density at radius 2 is 0.609 bits per heavy atom. The number of hydrogen-bond acceptors (Lipinski definition) is 7. The summed E-state index contributed by atoms with van der Waals surface area (Å²) in [5.74, 6) is 0.754. The first-order valence-electron chi connectivity index (χ1n) is 14.6. The summed E-state index contributed by atoms with van der Waals surface area (Å²) in [7, 11) is -11.0. The van der Waals surface area contributed by atoms with Crippen molar-refractivity contribution in [3.63, 3.8) is 0 Å². The maximum atomic E-state index is 13.1. The topological polar surface area (TPSA) is 112 Å². The average Bonchev–Trinajstić information content (AvgIpc) is 3.05. The minimum absolute atomic E-state index is 0. The molecule has 10 heteroatoms. The lowest BCUT2D eigenvalue weighted by Crippen LogP contribution is -2.05. The number of benzene rings is 4. The molecule has 46 heavy (non-hydrogen) atoms. The van der Waals surface area contributed by atoms with Crippen molar-refractivity contribution in [2.24, 2.45) is 0 Å². The first-order chi connectivity index (χ1) is 20.9. The highest BCUT2D eigenvalue weighted by Crippen LogP contribution is 2.28. The third kappa shape index (κ3) is 12.7. The largest absolute Gasteiger partial charge is 0.457 e. The van der Waals surface area contributed by atoms with Gasteiger partial charge in [-0.25, -0.2) is 25.3 Å². The van der Waals surface area contributed by atoms with Crippen molar-refractivity contribution in [2.75, 3.05) is 6.26 Å². The van der Waals surface area contributed by atoms with Crippen molar-refractivity contribution in [1.82, 2.24) is 0 Å². The zero-order chi connectivity index (χ0) is 34.1. The normalized spacial score (nSPS) is 10.1. The van der Waals surface area contributed by atoms with Gasteiger partial charge in [0.25, 0.3) is 0 Å². The Bertz CT molecular complexity index is 1710. The van der Waals surface area contributed by atoms with E-state index in [-0.39, 0.29) is 39.3 Å². The van der Waals surface area contributed by atoms with Gasteiger partial charge in [-0.05, 0) is 91.9 Å². The van der Waals surface area contributed by atoms with E-state index in [9.17, 15) is 25.3 Å². The molecule has 4 rings (SSSR count). The van der Waals surface area contributed by atoms with E-state index in [2.05, 4.69) is 0 Å². The molecular formula is C36H54O7S3. The number of ether oxygens (including phenoxy) is 1. The average molecular weight is 695 g/mol. The van der Waals surface area contributed by atoms with Crippen molar-refractivity contribution in [1.29, 1.82) is 0 Å². The van der Waals surface area contributed by atoms with Gasteiger partial charge in [-0.15, -0.1) is 0 Å². The van der Waals surface area contributed by atoms with Crippen molar-refractivity contribution in [3.8, 4) is 11.5 Å². The maximum absolute atomic E-state index is 13.1. The molecule has 0 radical (unpaired) electrons. The van der Waals surface area contributed by atoms with Crippen molar-refractivity contribution < 1.29 is 30.0 Å². The third-order valence-electron chi connectivity index (χ3n) is 5.40. The molecule has 0 saturated carbocycles. The Hall–Kier alpha value is -3.47. The molecule has 0 aliphatic rings. The Morgan fingerprint density at radius 1 is 0.391 bits per heavy atom. The van der Waals surface area contributed by atoms with Gasteiger partial charge in [-0.2, -0.15) is 0 Å². The minimum atomic E-state index is -3.90. The van der Waals surface area contributed by atoms with Crippen molar-refractivity contribution in [3.05, 3.63) is 103 Å². The molecule has 0 aliphatic heterocycles. The van der Waals surface area contributed by atoms with Gasteiger partial charge in [0, 0.05) is 6.26 Å². The molecule has 7 nitrogen and oxygen atoms in total. The Morgan fingerprint density at radius 3 is 0.870 bits per heavy atom. The van der Waals surface area contributed by atoms with Crippen LogP contribution in [0.3, 0.4) is 0 Å². The Kier molecular flexibility index (Phi) is 22.6. The molecule has 0 amide bonds. The van der Waals surface area contributed by atoms with Gasteiger partial charge in [-0.1, -0.05) is 87.9 Å². The van der Waals surface area contributed by atoms with Crippen LogP contribution in [-0.2, 0) is 29.5 Å². The van der Waals surface area contributed by atoms with E-state index >= 15 is 0 Å². The predicted octanol–water partition coefficient (Wildman–Crippen LogP) is 10.2. The molecule has 4 aromatic rings. The smallest absolute Gasteiger partial charge is 0.206 e. The molecular weight excluding hydrogens is 641 g/mol. The Labute approximate surface area is 280 Å². The van der Waals surface area contributed by atoms with E-state index in [1.54, 1.807) is 12.1 Å². The van der Waals surface area contributed by atoms with Gasteiger partial charge in [0.15, 0.2) is 9.84 Å². The van der Waals surface area contributed by atoms with Crippen LogP contribution in [0, 0.1) is 6.92 Å². The highest BCUT2D eigenvalue weighted by atomic mass is 32.2. The maximum Gasteiger partial charge on any atom is 0.206 e. The summed E-state index contributed by atoms with van der Waals surface area (Å²) in [6, 6.07) is 23.1. The molecule has 258 valence electrons. The second-order valence-electron chi connectivity index (χ2n) is 8.11. The number of hydrogen-bond donors (Lipinski definition) is 0. The second-order valence-corrected chi connectivity index (χ2v) is 14.0. The molecule has 4 aromatic carbocycles. The van der Waals surface area contributed by atoms with Gasteiger partial charge < -0.3 is 4.74 Å². The van der Waals surface area contributed by atoms with E-state index in [1.807, 2.05) is 62.3 Å². The van der Waals surface area contributed by atoms with Crippen molar-refractivity contribution >= 4 is 29.5 Å². The van der Waals surface area contributed by atoms with E-state index in [0.29, 0.717) is 11.5 Å². The van der Waals surface area contributed by atoms with Crippen LogP contribution in [0.25, 0.3) is 0 Å². The summed E-state index contributed by atoms with van der Waals surface area (Å²) in [6.07, 6.45) is 1.11. The number of rotatable bonds is 7. The monoisotopic (exact) mass is 694 g/mol. The predicted molar refractivity (Wildman–Crippen MR) is 193 cm³/mol. The molecule has 0 atom stereocenters. The molecule has 0 heterocycles. The van der Waals surface area contributed by atoms with Crippen LogP contribution in [0.5, 0.6) is 11.5 Å². The fraction of sp³-hybridized carbons (Fsp3) is 0.333. The van der Waals surface area contributed by atoms with E-state index in [0.717, 1.165) is 11.8 Å². The zero-order valence-corrected chi connectivity index (χ0v) is 29.8. The van der Waals surface area contributed by atoms with Gasteiger partial charge in [-0.3, -0.25) is 0 Å². The lowest BCUT2D eigenvalue weighted by Gasteiger charge is -2.09. The van der Waals surface area contributed by atoms with Crippen LogP contribution in [0.15, 0.2) is 122 Å². The summed E-state index contributed by atoms with van der Waals surface area (Å²) in [6.45, 7) is 17.9. The van der Waals surface area contributed by atoms with Crippen LogP contribution >= 0.6 is 0 Å². The van der Waals surface area contributed by atoms with Crippen LogP contribution in [0.1, 0.15) is 75.8 Å². The van der Waals surface area contributed by atoms with Gasteiger partial charge in [0.05, 0.1) is 24.5 Å². The quantitative estimate of drug-likeness (QED) is 0.189. The Balaban J connectivity index is -0.00000172. The highest BCUT2D eigenvalue weighted by molar-refractivity contribution is 7.92. The minimum Gasteiger partial charge on any atom is -0.457 e. The fourth-order valence-corrected chi connectivity index (χ4v) is 6.52. The fourth-order valence-electron chi connectivity index (χ4n) is 3.37. The van der Waals surface area contributed by atoms with Crippen LogP contribution in [0.4, 0.5) is 0 Å². The van der Waals surface area contributed by atoms with Gasteiger partial charge in [0.1, 0.15) is 11.5 Å². The van der Waals surface area contributed by atoms with E-state index < -0.39 is 29.5 Å². The van der Waals surface area contributed by atoms with Gasteiger partial charge >= 0.3 is 0 Å². The van der Waals surface area contributed by atoms with Crippen LogP contribution in [-0.4, -0.2) is 31.5 Å². The zero-order valence-electron chi connectivity index (χ0n) is 27.3. The molecule has 0 unspecified atom stereocenters. The summed E-state index contributed by atoms with van der Waals surface area (Å²) in [5, 5.41) is 0. The lowest BCUT2D eigenvalue weighted by molar-refractivity contribution is 0.481. The standard InChI is InChI=1S/C26H22O7S3.4C2H6.2CH4/c1-19-3-9-23(10-4-19)35(29,30)25-15-17-26(18-16-25)36(31,32)24-13-7-21(8-14-24)33-20-5-11-22(12-6-20)34(2,27)28;4*1-2;;/h3-18H,1-2H3;4*1-2H3;2*1H4. The molecule has 0 fully saturated rings. The van der Waals surface area contributed by atoms with E-state index in [4.69, 9.17) is 4.74 Å². The number of aryl methyl sites for hydroxylation is 1. The van der Waals surface area contributed by atoms with E-state index in [1.165, 1.54) is 84.9 Å². The summed E-state index contributed by atoms with van der Waals surface area (Å²) >= 11 is 0. The summed E-state index contributed by atoms with van der Waals surface area (Å²) in [4.78, 5) is 0.252. The highest BCUT2D eigenvalue weighted by Gasteiger charge is 2.21. The first kappa shape index (κ1) is 46.9. The lowest BCUT2D eigenvalue weighted by atomic mass is 10.2. The van der Waals surface area contributed by atoms with Crippen LogP contribution in [0.2, 0.25) is 0 Å². The molecule has 0 bridgehead atoms. The SMILES string of the molecule is C.C.CC.CC.CC.CC.Cc1ccc(S(=O)(=O)c2ccc(S(=O)(=O)c3ccc(Oc4ccc(S(C)(=O)=O)cc4)cc3)cc2)cc1. The van der Waals surface area contributed by atoms with Gasteiger partial charge in [0.2, 0.25) is 19.7 Å². The second kappa shape index (κ2) is 22.1. The molecule has 0 spiro atoms.